The maximum Gasteiger partial charge on any atom is 0.334 e. The highest BCUT2D eigenvalue weighted by Gasteiger charge is 2.39. The van der Waals surface area contributed by atoms with E-state index in [0.29, 0.717) is 29.9 Å². The lowest BCUT2D eigenvalue weighted by Gasteiger charge is -2.24. The maximum atomic E-state index is 11.4. The Hall–Kier alpha value is -1.63. The molecule has 7 nitrogen and oxygen atoms in total. The van der Waals surface area contributed by atoms with Crippen LogP contribution >= 0.6 is 0 Å². The molecule has 0 bridgehead atoms. The summed E-state index contributed by atoms with van der Waals surface area (Å²) in [6.07, 6.45) is 2.99. The van der Waals surface area contributed by atoms with Crippen LogP contribution in [0, 0.1) is 16.0 Å². The van der Waals surface area contributed by atoms with E-state index in [0.717, 1.165) is 19.6 Å². The molecule has 2 unspecified atom stereocenters. The van der Waals surface area contributed by atoms with Gasteiger partial charge in [0, 0.05) is 26.2 Å². The average molecular weight is 279 g/mol. The summed E-state index contributed by atoms with van der Waals surface area (Å²) < 4.78 is 1.67. The molecule has 20 heavy (non-hydrogen) atoms. The summed E-state index contributed by atoms with van der Waals surface area (Å²) in [6.45, 7) is 4.70. The Morgan fingerprint density at radius 1 is 1.50 bits per heavy atom. The number of nitrogens with zero attached hydrogens (tertiary/aromatic N) is 4. The van der Waals surface area contributed by atoms with Crippen molar-refractivity contribution in [1.29, 1.82) is 0 Å². The molecule has 2 aliphatic heterocycles. The first-order chi connectivity index (χ1) is 9.61. The van der Waals surface area contributed by atoms with Crippen LogP contribution in [-0.4, -0.2) is 40.4 Å². The van der Waals surface area contributed by atoms with Crippen LogP contribution in [0.2, 0.25) is 0 Å². The third-order valence-corrected chi connectivity index (χ3v) is 4.48. The zero-order valence-electron chi connectivity index (χ0n) is 12.0. The predicted molar refractivity (Wildman–Crippen MR) is 76.0 cm³/mol. The summed E-state index contributed by atoms with van der Waals surface area (Å²) in [5.74, 6) is 1.27. The van der Waals surface area contributed by atoms with Crippen molar-refractivity contribution in [1.82, 2.24) is 15.1 Å². The summed E-state index contributed by atoms with van der Waals surface area (Å²) in [7, 11) is 1.80. The summed E-state index contributed by atoms with van der Waals surface area (Å²) in [6, 6.07) is 0.461. The fourth-order valence-electron chi connectivity index (χ4n) is 3.56. The minimum absolute atomic E-state index is 0.189. The highest BCUT2D eigenvalue weighted by Crippen LogP contribution is 2.36. The second-order valence-corrected chi connectivity index (χ2v) is 5.72. The molecule has 0 amide bonds. The van der Waals surface area contributed by atoms with Gasteiger partial charge >= 0.3 is 5.69 Å². The number of anilines is 1. The Labute approximate surface area is 118 Å². The molecule has 2 atom stereocenters. The molecule has 0 aromatic carbocycles. The van der Waals surface area contributed by atoms with Gasteiger partial charge in [-0.05, 0) is 31.7 Å². The number of aryl methyl sites for hydroxylation is 2. The van der Waals surface area contributed by atoms with Crippen molar-refractivity contribution < 1.29 is 4.92 Å². The molecule has 3 rings (SSSR count). The van der Waals surface area contributed by atoms with Gasteiger partial charge < -0.3 is 10.2 Å². The molecular weight excluding hydrogens is 258 g/mol. The molecule has 7 heteroatoms. The number of hydrogen-bond acceptors (Lipinski definition) is 5. The normalized spacial score (nSPS) is 25.8. The van der Waals surface area contributed by atoms with Crippen molar-refractivity contribution in [2.24, 2.45) is 13.0 Å². The van der Waals surface area contributed by atoms with Gasteiger partial charge in [0.15, 0.2) is 0 Å². The van der Waals surface area contributed by atoms with Crippen molar-refractivity contribution in [2.45, 2.75) is 32.2 Å². The maximum absolute atomic E-state index is 11.4. The van der Waals surface area contributed by atoms with Gasteiger partial charge in [-0.1, -0.05) is 6.92 Å². The van der Waals surface area contributed by atoms with Crippen molar-refractivity contribution in [3.05, 3.63) is 15.8 Å². The zero-order valence-corrected chi connectivity index (χ0v) is 12.0. The Balaban J connectivity index is 1.94. The standard InChI is InChI=1S/C13H21N5O2/c1-3-10-12(18(19)20)13(16(2)15-10)17-7-9-5-4-6-14-11(9)8-17/h9,11,14H,3-8H2,1-2H3. The quantitative estimate of drug-likeness (QED) is 0.662. The van der Waals surface area contributed by atoms with E-state index in [-0.39, 0.29) is 10.6 Å². The summed E-state index contributed by atoms with van der Waals surface area (Å²) in [5.41, 5.74) is 0.768. The van der Waals surface area contributed by atoms with Crippen LogP contribution in [0.4, 0.5) is 11.5 Å². The second kappa shape index (κ2) is 5.05. The number of aromatic nitrogens is 2. The van der Waals surface area contributed by atoms with Gasteiger partial charge in [-0.2, -0.15) is 5.10 Å². The summed E-state index contributed by atoms with van der Waals surface area (Å²) in [5, 5.41) is 19.2. The monoisotopic (exact) mass is 279 g/mol. The SMILES string of the molecule is CCc1nn(C)c(N2CC3CCCNC3C2)c1[N+](=O)[O-]. The number of piperidine rings is 1. The fourth-order valence-corrected chi connectivity index (χ4v) is 3.56. The smallest absolute Gasteiger partial charge is 0.334 e. The first kappa shape index (κ1) is 13.4. The Morgan fingerprint density at radius 3 is 2.95 bits per heavy atom. The lowest BCUT2D eigenvalue weighted by Crippen LogP contribution is -2.40. The van der Waals surface area contributed by atoms with Crippen molar-refractivity contribution in [2.75, 3.05) is 24.5 Å². The fraction of sp³-hybridized carbons (Fsp3) is 0.769. The van der Waals surface area contributed by atoms with Gasteiger partial charge in [0.25, 0.3) is 0 Å². The largest absolute Gasteiger partial charge is 0.349 e. The Morgan fingerprint density at radius 2 is 2.30 bits per heavy atom. The van der Waals surface area contributed by atoms with Gasteiger partial charge in [-0.15, -0.1) is 0 Å². The first-order valence-electron chi connectivity index (χ1n) is 7.30. The number of hydrogen-bond donors (Lipinski definition) is 1. The van der Waals surface area contributed by atoms with Crippen molar-refractivity contribution >= 4 is 11.5 Å². The molecule has 0 spiro atoms. The van der Waals surface area contributed by atoms with Gasteiger partial charge in [-0.3, -0.25) is 10.1 Å². The van der Waals surface area contributed by atoms with Crippen molar-refractivity contribution in [3.8, 4) is 0 Å². The topological polar surface area (TPSA) is 76.2 Å². The van der Waals surface area contributed by atoms with E-state index in [1.807, 2.05) is 6.92 Å². The minimum atomic E-state index is -0.281. The average Bonchev–Trinajstić information content (AvgIpc) is 2.98. The molecule has 2 saturated heterocycles. The van der Waals surface area contributed by atoms with Gasteiger partial charge in [-0.25, -0.2) is 4.68 Å². The highest BCUT2D eigenvalue weighted by molar-refractivity contribution is 5.62. The molecule has 3 heterocycles. The molecule has 2 fully saturated rings. The van der Waals surface area contributed by atoms with Crippen LogP contribution in [0.25, 0.3) is 0 Å². The number of fused-ring (bicyclic) bond motifs is 1. The van der Waals surface area contributed by atoms with E-state index in [1.165, 1.54) is 12.8 Å². The van der Waals surface area contributed by atoms with Crippen LogP contribution in [0.3, 0.4) is 0 Å². The van der Waals surface area contributed by atoms with Crippen LogP contribution < -0.4 is 10.2 Å². The van der Waals surface area contributed by atoms with E-state index in [1.54, 1.807) is 11.7 Å². The lowest BCUT2D eigenvalue weighted by atomic mass is 9.94. The van der Waals surface area contributed by atoms with E-state index < -0.39 is 0 Å². The molecule has 0 radical (unpaired) electrons. The zero-order chi connectivity index (χ0) is 14.3. The third kappa shape index (κ3) is 2.06. The van der Waals surface area contributed by atoms with E-state index in [9.17, 15) is 10.1 Å². The number of nitrogens with one attached hydrogen (secondary N) is 1. The molecule has 110 valence electrons. The van der Waals surface area contributed by atoms with E-state index >= 15 is 0 Å². The third-order valence-electron chi connectivity index (χ3n) is 4.48. The Kier molecular flexibility index (Phi) is 3.37. The highest BCUT2D eigenvalue weighted by atomic mass is 16.6. The first-order valence-corrected chi connectivity index (χ1v) is 7.30. The van der Waals surface area contributed by atoms with Gasteiger partial charge in [0.1, 0.15) is 5.69 Å². The van der Waals surface area contributed by atoms with Crippen LogP contribution in [-0.2, 0) is 13.5 Å². The molecule has 1 aromatic rings. The van der Waals surface area contributed by atoms with Crippen LogP contribution in [0.15, 0.2) is 0 Å². The van der Waals surface area contributed by atoms with E-state index in [4.69, 9.17) is 0 Å². The van der Waals surface area contributed by atoms with Crippen molar-refractivity contribution in [3.63, 3.8) is 0 Å². The molecule has 0 saturated carbocycles. The molecular formula is C13H21N5O2. The molecule has 1 N–H and O–H groups in total. The summed E-state index contributed by atoms with van der Waals surface area (Å²) in [4.78, 5) is 13.3. The second-order valence-electron chi connectivity index (χ2n) is 5.72. The van der Waals surface area contributed by atoms with Crippen LogP contribution in [0.5, 0.6) is 0 Å². The number of nitro groups is 1. The van der Waals surface area contributed by atoms with Gasteiger partial charge in [0.2, 0.25) is 5.82 Å². The summed E-state index contributed by atoms with van der Waals surface area (Å²) >= 11 is 0. The molecule has 1 aromatic heterocycles. The predicted octanol–water partition coefficient (Wildman–Crippen LogP) is 1.08. The Bertz CT molecular complexity index is 513. The van der Waals surface area contributed by atoms with Crippen LogP contribution in [0.1, 0.15) is 25.5 Å². The molecule has 0 aliphatic carbocycles. The number of rotatable bonds is 3. The van der Waals surface area contributed by atoms with Gasteiger partial charge in [0.05, 0.1) is 4.92 Å². The molecule has 2 aliphatic rings. The van der Waals surface area contributed by atoms with E-state index in [2.05, 4.69) is 15.3 Å². The lowest BCUT2D eigenvalue weighted by molar-refractivity contribution is -0.384. The minimum Gasteiger partial charge on any atom is -0.349 e.